The van der Waals surface area contributed by atoms with Crippen LogP contribution in [0.5, 0.6) is 0 Å². The van der Waals surface area contributed by atoms with E-state index >= 15 is 0 Å². The summed E-state index contributed by atoms with van der Waals surface area (Å²) >= 11 is 0. The molecule has 1 aliphatic heterocycles. The highest BCUT2D eigenvalue weighted by atomic mass is 16.5. The smallest absolute Gasteiger partial charge is 0.251 e. The first-order valence-corrected chi connectivity index (χ1v) is 2.25. The van der Waals surface area contributed by atoms with Gasteiger partial charge in [0.05, 0.1) is 6.54 Å². The predicted octanol–water partition coefficient (Wildman–Crippen LogP) is -1.10. The van der Waals surface area contributed by atoms with Gasteiger partial charge in [0.15, 0.2) is 6.23 Å². The van der Waals surface area contributed by atoms with E-state index in [2.05, 4.69) is 9.73 Å². The molecule has 1 unspecified atom stereocenters. The Bertz CT molecular complexity index is 132. The minimum absolute atomic E-state index is 0.109. The van der Waals surface area contributed by atoms with Crippen LogP contribution < -0.4 is 5.73 Å². The highest BCUT2D eigenvalue weighted by molar-refractivity contribution is 6.24. The summed E-state index contributed by atoms with van der Waals surface area (Å²) in [5.74, 6) is 0.109. The number of nitrogens with zero attached hydrogens (tertiary/aromatic N) is 1. The Hall–Kier alpha value is -0.900. The van der Waals surface area contributed by atoms with Crippen molar-refractivity contribution in [3.8, 4) is 0 Å². The SMILES string of the molecule is NC1CN=C(C=O)O1. The quantitative estimate of drug-likeness (QED) is 0.440. The fourth-order valence-electron chi connectivity index (χ4n) is 0.475. The highest BCUT2D eigenvalue weighted by Crippen LogP contribution is 1.95. The lowest BCUT2D eigenvalue weighted by Crippen LogP contribution is -2.23. The van der Waals surface area contributed by atoms with Crippen LogP contribution in [0, 0.1) is 0 Å². The lowest BCUT2D eigenvalue weighted by Gasteiger charge is -1.98. The van der Waals surface area contributed by atoms with Gasteiger partial charge in [0.25, 0.3) is 5.90 Å². The third kappa shape index (κ3) is 0.840. The van der Waals surface area contributed by atoms with Gasteiger partial charge >= 0.3 is 0 Å². The average molecular weight is 114 g/mol. The largest absolute Gasteiger partial charge is 0.455 e. The van der Waals surface area contributed by atoms with Crippen LogP contribution in [-0.2, 0) is 9.53 Å². The number of ether oxygens (including phenoxy) is 1. The van der Waals surface area contributed by atoms with Crippen LogP contribution in [0.2, 0.25) is 0 Å². The zero-order chi connectivity index (χ0) is 5.98. The Kier molecular flexibility index (Phi) is 1.26. The Labute approximate surface area is 46.3 Å². The van der Waals surface area contributed by atoms with E-state index in [0.717, 1.165) is 0 Å². The molecule has 2 N–H and O–H groups in total. The molecule has 0 amide bonds. The van der Waals surface area contributed by atoms with Gasteiger partial charge in [0.2, 0.25) is 6.29 Å². The summed E-state index contributed by atoms with van der Waals surface area (Å²) in [6.07, 6.45) is 0.141. The fraction of sp³-hybridized carbons (Fsp3) is 0.500. The second-order valence-corrected chi connectivity index (χ2v) is 1.45. The predicted molar refractivity (Wildman–Crippen MR) is 27.4 cm³/mol. The van der Waals surface area contributed by atoms with E-state index in [4.69, 9.17) is 5.73 Å². The maximum atomic E-state index is 9.84. The van der Waals surface area contributed by atoms with Gasteiger partial charge in [-0.15, -0.1) is 0 Å². The Balaban J connectivity index is 2.49. The number of hydrogen-bond acceptors (Lipinski definition) is 4. The molecule has 0 aromatic rings. The summed E-state index contributed by atoms with van der Waals surface area (Å²) in [4.78, 5) is 13.5. The minimum Gasteiger partial charge on any atom is -0.455 e. The van der Waals surface area contributed by atoms with Crippen molar-refractivity contribution in [1.29, 1.82) is 0 Å². The van der Waals surface area contributed by atoms with Crippen LogP contribution in [0.1, 0.15) is 0 Å². The van der Waals surface area contributed by atoms with Gasteiger partial charge in [-0.2, -0.15) is 0 Å². The molecule has 1 heterocycles. The normalized spacial score (nSPS) is 26.6. The van der Waals surface area contributed by atoms with E-state index in [1.807, 2.05) is 0 Å². The number of carbonyl (C=O) groups excluding carboxylic acids is 1. The standard InChI is InChI=1S/C4H6N2O2/c5-3-1-6-4(2-7)8-3/h2-3H,1,5H2. The molecular weight excluding hydrogens is 108 g/mol. The zero-order valence-electron chi connectivity index (χ0n) is 4.20. The van der Waals surface area contributed by atoms with Crippen molar-refractivity contribution in [2.45, 2.75) is 6.23 Å². The van der Waals surface area contributed by atoms with E-state index in [9.17, 15) is 4.79 Å². The van der Waals surface area contributed by atoms with Crippen LogP contribution in [0.25, 0.3) is 0 Å². The van der Waals surface area contributed by atoms with E-state index in [1.54, 1.807) is 0 Å². The van der Waals surface area contributed by atoms with Gasteiger partial charge in [-0.1, -0.05) is 0 Å². The van der Waals surface area contributed by atoms with Crippen molar-refractivity contribution < 1.29 is 9.53 Å². The molecular formula is C4H6N2O2. The van der Waals surface area contributed by atoms with Crippen molar-refractivity contribution in [2.75, 3.05) is 6.54 Å². The van der Waals surface area contributed by atoms with Crippen molar-refractivity contribution in [3.05, 3.63) is 0 Å². The molecule has 0 bridgehead atoms. The zero-order valence-corrected chi connectivity index (χ0v) is 4.20. The van der Waals surface area contributed by atoms with Crippen molar-refractivity contribution >= 4 is 12.2 Å². The van der Waals surface area contributed by atoms with E-state index in [1.165, 1.54) is 0 Å². The molecule has 1 atom stereocenters. The third-order valence-corrected chi connectivity index (χ3v) is 0.800. The molecule has 0 saturated carbocycles. The minimum atomic E-state index is -0.407. The van der Waals surface area contributed by atoms with Gasteiger partial charge in [0, 0.05) is 0 Å². The number of hydrogen-bond donors (Lipinski definition) is 1. The van der Waals surface area contributed by atoms with Crippen LogP contribution >= 0.6 is 0 Å². The summed E-state index contributed by atoms with van der Waals surface area (Å²) in [7, 11) is 0. The number of rotatable bonds is 1. The first kappa shape index (κ1) is 5.24. The number of carbonyl (C=O) groups is 1. The average Bonchev–Trinajstić information content (AvgIpc) is 2.14. The molecule has 0 radical (unpaired) electrons. The maximum Gasteiger partial charge on any atom is 0.251 e. The highest BCUT2D eigenvalue weighted by Gasteiger charge is 2.12. The molecule has 8 heavy (non-hydrogen) atoms. The van der Waals surface area contributed by atoms with Gasteiger partial charge in [-0.05, 0) is 0 Å². The molecule has 4 nitrogen and oxygen atoms in total. The lowest BCUT2D eigenvalue weighted by molar-refractivity contribution is -0.103. The Morgan fingerprint density at radius 3 is 3.00 bits per heavy atom. The van der Waals surface area contributed by atoms with Crippen molar-refractivity contribution in [2.24, 2.45) is 10.7 Å². The summed E-state index contributed by atoms with van der Waals surface area (Å²) in [5, 5.41) is 0. The molecule has 0 aromatic heterocycles. The number of aliphatic imine (C=N–C) groups is 1. The summed E-state index contributed by atoms with van der Waals surface area (Å²) in [5.41, 5.74) is 5.20. The molecule has 0 aromatic carbocycles. The van der Waals surface area contributed by atoms with Gasteiger partial charge in [-0.3, -0.25) is 10.5 Å². The van der Waals surface area contributed by atoms with Crippen molar-refractivity contribution in [1.82, 2.24) is 0 Å². The van der Waals surface area contributed by atoms with Gasteiger partial charge in [0.1, 0.15) is 0 Å². The van der Waals surface area contributed by atoms with Crippen LogP contribution in [0.15, 0.2) is 4.99 Å². The second-order valence-electron chi connectivity index (χ2n) is 1.45. The second kappa shape index (κ2) is 1.92. The van der Waals surface area contributed by atoms with Crippen LogP contribution in [-0.4, -0.2) is 25.0 Å². The molecule has 0 saturated heterocycles. The monoisotopic (exact) mass is 114 g/mol. The van der Waals surface area contributed by atoms with Gasteiger partial charge in [-0.25, -0.2) is 4.99 Å². The fourth-order valence-corrected chi connectivity index (χ4v) is 0.475. The number of aldehydes is 1. The first-order valence-electron chi connectivity index (χ1n) is 2.25. The van der Waals surface area contributed by atoms with E-state index in [-0.39, 0.29) is 5.90 Å². The third-order valence-electron chi connectivity index (χ3n) is 0.800. The number of nitrogens with two attached hydrogens (primary N) is 1. The Morgan fingerprint density at radius 2 is 2.75 bits per heavy atom. The van der Waals surface area contributed by atoms with Crippen molar-refractivity contribution in [3.63, 3.8) is 0 Å². The molecule has 0 spiro atoms. The molecule has 44 valence electrons. The van der Waals surface area contributed by atoms with Crippen LogP contribution in [0.4, 0.5) is 0 Å². The summed E-state index contributed by atoms with van der Waals surface area (Å²) in [6, 6.07) is 0. The van der Waals surface area contributed by atoms with E-state index < -0.39 is 6.23 Å². The molecule has 0 aliphatic carbocycles. The topological polar surface area (TPSA) is 64.7 Å². The Morgan fingerprint density at radius 1 is 2.00 bits per heavy atom. The molecule has 1 aliphatic rings. The molecule has 4 heteroatoms. The van der Waals surface area contributed by atoms with E-state index in [0.29, 0.717) is 12.8 Å². The molecule has 0 fully saturated rings. The summed E-state index contributed by atoms with van der Waals surface area (Å²) < 4.78 is 4.67. The maximum absolute atomic E-state index is 9.84. The first-order chi connectivity index (χ1) is 3.83. The molecule has 1 rings (SSSR count). The van der Waals surface area contributed by atoms with Crippen LogP contribution in [0.3, 0.4) is 0 Å². The summed E-state index contributed by atoms with van der Waals surface area (Å²) in [6.45, 7) is 0.397. The van der Waals surface area contributed by atoms with Gasteiger partial charge < -0.3 is 4.74 Å². The lowest BCUT2D eigenvalue weighted by atomic mass is 10.6.